The van der Waals surface area contributed by atoms with E-state index in [-0.39, 0.29) is 12.5 Å². The maximum Gasteiger partial charge on any atom is 0.262 e. The summed E-state index contributed by atoms with van der Waals surface area (Å²) in [5.41, 5.74) is 4.58. The van der Waals surface area contributed by atoms with Crippen LogP contribution in [0.5, 0.6) is 5.75 Å². The Bertz CT molecular complexity index is 1120. The number of pyridine rings is 1. The van der Waals surface area contributed by atoms with E-state index in [1.54, 1.807) is 17.5 Å². The summed E-state index contributed by atoms with van der Waals surface area (Å²) >= 11 is 1.54. The van der Waals surface area contributed by atoms with E-state index in [1.807, 2.05) is 68.4 Å². The zero-order chi connectivity index (χ0) is 19.5. The predicted molar refractivity (Wildman–Crippen MR) is 113 cm³/mol. The van der Waals surface area contributed by atoms with Gasteiger partial charge in [0.15, 0.2) is 6.61 Å². The topological polar surface area (TPSA) is 64.1 Å². The lowest BCUT2D eigenvalue weighted by molar-refractivity contribution is -0.118. The molecule has 6 heteroatoms. The molecule has 0 aliphatic carbocycles. The first-order chi connectivity index (χ1) is 13.6. The van der Waals surface area contributed by atoms with Crippen LogP contribution >= 0.6 is 11.3 Å². The third-order valence-electron chi connectivity index (χ3n) is 4.46. The minimum absolute atomic E-state index is 0.0421. The zero-order valence-electron chi connectivity index (χ0n) is 15.6. The molecule has 0 fully saturated rings. The number of anilines is 1. The number of carbonyl (C=O) groups is 1. The molecule has 0 spiro atoms. The van der Waals surface area contributed by atoms with Gasteiger partial charge in [0.2, 0.25) is 0 Å². The number of amides is 1. The number of hydrogen-bond donors (Lipinski definition) is 1. The first-order valence-electron chi connectivity index (χ1n) is 8.91. The lowest BCUT2D eigenvalue weighted by Crippen LogP contribution is -2.21. The number of aryl methyl sites for hydroxylation is 1. The molecule has 4 aromatic rings. The smallest absolute Gasteiger partial charge is 0.262 e. The fourth-order valence-corrected chi connectivity index (χ4v) is 3.93. The summed E-state index contributed by atoms with van der Waals surface area (Å²) in [5, 5.41) is 3.83. The average molecular weight is 389 g/mol. The van der Waals surface area contributed by atoms with Crippen molar-refractivity contribution in [1.29, 1.82) is 0 Å². The molecule has 0 aliphatic rings. The van der Waals surface area contributed by atoms with E-state index >= 15 is 0 Å². The summed E-state index contributed by atoms with van der Waals surface area (Å²) in [4.78, 5) is 22.3. The molecule has 5 nitrogen and oxygen atoms in total. The van der Waals surface area contributed by atoms with Crippen LogP contribution in [-0.2, 0) is 4.79 Å². The molecular weight excluding hydrogens is 370 g/mol. The summed E-state index contributed by atoms with van der Waals surface area (Å²) in [6, 6.07) is 17.3. The minimum atomic E-state index is -0.200. The summed E-state index contributed by atoms with van der Waals surface area (Å²) < 4.78 is 5.63. The van der Waals surface area contributed by atoms with Gasteiger partial charge in [-0.05, 0) is 49.2 Å². The molecule has 0 bridgehead atoms. The molecule has 4 rings (SSSR count). The fraction of sp³-hybridized carbons (Fsp3) is 0.136. The van der Waals surface area contributed by atoms with Gasteiger partial charge >= 0.3 is 0 Å². The standard InChI is InChI=1S/C22H19N3O2S/c1-14-7-3-4-11-19(14)27-13-20(26)24-17-9-5-8-16(15(17)2)21-25-18-10-6-12-23-22(18)28-21/h3-12H,13H2,1-2H3,(H,24,26). The van der Waals surface area contributed by atoms with E-state index in [0.29, 0.717) is 5.75 Å². The molecule has 1 N–H and O–H groups in total. The number of benzene rings is 2. The van der Waals surface area contributed by atoms with E-state index < -0.39 is 0 Å². The molecule has 2 heterocycles. The van der Waals surface area contributed by atoms with Crippen molar-refractivity contribution in [2.24, 2.45) is 0 Å². The van der Waals surface area contributed by atoms with E-state index in [2.05, 4.69) is 15.3 Å². The Morgan fingerprint density at radius 1 is 1.07 bits per heavy atom. The highest BCUT2D eigenvalue weighted by molar-refractivity contribution is 7.21. The van der Waals surface area contributed by atoms with Crippen molar-refractivity contribution in [1.82, 2.24) is 9.97 Å². The SMILES string of the molecule is Cc1ccccc1OCC(=O)Nc1cccc(-c2nc3cccnc3s2)c1C. The van der Waals surface area contributed by atoms with Crippen LogP contribution < -0.4 is 10.1 Å². The third-order valence-corrected chi connectivity index (χ3v) is 5.47. The Balaban J connectivity index is 1.52. The number of thiazole rings is 1. The number of fused-ring (bicyclic) bond motifs is 1. The maximum atomic E-state index is 12.4. The van der Waals surface area contributed by atoms with Crippen LogP contribution in [0.15, 0.2) is 60.8 Å². The van der Waals surface area contributed by atoms with Crippen molar-refractivity contribution < 1.29 is 9.53 Å². The fourth-order valence-electron chi connectivity index (χ4n) is 2.94. The normalized spacial score (nSPS) is 10.8. The van der Waals surface area contributed by atoms with Crippen LogP contribution in [-0.4, -0.2) is 22.5 Å². The number of rotatable bonds is 5. The van der Waals surface area contributed by atoms with Gasteiger partial charge in [0, 0.05) is 17.4 Å². The Hall–Kier alpha value is -3.25. The second-order valence-electron chi connectivity index (χ2n) is 6.43. The Kier molecular flexibility index (Phi) is 5.04. The molecule has 1 amide bonds. The number of nitrogens with zero attached hydrogens (tertiary/aromatic N) is 2. The van der Waals surface area contributed by atoms with E-state index in [4.69, 9.17) is 4.74 Å². The van der Waals surface area contributed by atoms with E-state index in [9.17, 15) is 4.79 Å². The minimum Gasteiger partial charge on any atom is -0.483 e. The molecule has 2 aromatic carbocycles. The highest BCUT2D eigenvalue weighted by Crippen LogP contribution is 2.33. The van der Waals surface area contributed by atoms with Crippen molar-refractivity contribution in [2.75, 3.05) is 11.9 Å². The first kappa shape index (κ1) is 18.1. The molecule has 0 atom stereocenters. The van der Waals surface area contributed by atoms with Crippen molar-refractivity contribution in [3.8, 4) is 16.3 Å². The number of para-hydroxylation sites is 1. The molecule has 0 unspecified atom stereocenters. The second kappa shape index (κ2) is 7.78. The highest BCUT2D eigenvalue weighted by Gasteiger charge is 2.13. The van der Waals surface area contributed by atoms with Crippen LogP contribution in [0.4, 0.5) is 5.69 Å². The van der Waals surface area contributed by atoms with Gasteiger partial charge in [-0.1, -0.05) is 41.7 Å². The molecule has 0 aliphatic heterocycles. The number of hydrogen-bond acceptors (Lipinski definition) is 5. The number of nitrogens with one attached hydrogen (secondary N) is 1. The Morgan fingerprint density at radius 3 is 2.75 bits per heavy atom. The monoisotopic (exact) mass is 389 g/mol. The molecule has 140 valence electrons. The largest absolute Gasteiger partial charge is 0.483 e. The van der Waals surface area contributed by atoms with Gasteiger partial charge in [-0.2, -0.15) is 0 Å². The molecular formula is C22H19N3O2S. The molecule has 0 saturated heterocycles. The maximum absolute atomic E-state index is 12.4. The van der Waals surface area contributed by atoms with E-state index in [0.717, 1.165) is 37.7 Å². The van der Waals surface area contributed by atoms with Crippen molar-refractivity contribution in [2.45, 2.75) is 13.8 Å². The van der Waals surface area contributed by atoms with Gasteiger partial charge in [0.1, 0.15) is 21.1 Å². The number of carbonyl (C=O) groups excluding carboxylic acids is 1. The summed E-state index contributed by atoms with van der Waals surface area (Å²) in [5.74, 6) is 0.513. The first-order valence-corrected chi connectivity index (χ1v) is 9.73. The summed E-state index contributed by atoms with van der Waals surface area (Å²) in [6.45, 7) is 3.89. The number of aromatic nitrogens is 2. The van der Waals surface area contributed by atoms with Gasteiger partial charge in [-0.15, -0.1) is 0 Å². The highest BCUT2D eigenvalue weighted by atomic mass is 32.1. The van der Waals surface area contributed by atoms with Crippen LogP contribution in [0, 0.1) is 13.8 Å². The average Bonchev–Trinajstić information content (AvgIpc) is 3.13. The third kappa shape index (κ3) is 3.73. The van der Waals surface area contributed by atoms with Crippen molar-refractivity contribution in [3.63, 3.8) is 0 Å². The second-order valence-corrected chi connectivity index (χ2v) is 7.40. The lowest BCUT2D eigenvalue weighted by Gasteiger charge is -2.12. The van der Waals surface area contributed by atoms with Crippen LogP contribution in [0.1, 0.15) is 11.1 Å². The predicted octanol–water partition coefficient (Wildman–Crippen LogP) is 4.99. The number of ether oxygens (including phenoxy) is 1. The van der Waals surface area contributed by atoms with Gasteiger partial charge in [-0.3, -0.25) is 4.79 Å². The Morgan fingerprint density at radius 2 is 1.93 bits per heavy atom. The van der Waals surface area contributed by atoms with Gasteiger partial charge in [-0.25, -0.2) is 9.97 Å². The van der Waals surface area contributed by atoms with Crippen molar-refractivity contribution >= 4 is 33.3 Å². The summed E-state index contributed by atoms with van der Waals surface area (Å²) in [7, 11) is 0. The van der Waals surface area contributed by atoms with Crippen LogP contribution in [0.3, 0.4) is 0 Å². The van der Waals surface area contributed by atoms with Crippen LogP contribution in [0.2, 0.25) is 0 Å². The van der Waals surface area contributed by atoms with Gasteiger partial charge in [0.05, 0.1) is 0 Å². The quantitative estimate of drug-likeness (QED) is 0.522. The zero-order valence-corrected chi connectivity index (χ0v) is 16.4. The van der Waals surface area contributed by atoms with Gasteiger partial charge < -0.3 is 10.1 Å². The molecule has 0 saturated carbocycles. The van der Waals surface area contributed by atoms with Crippen molar-refractivity contribution in [3.05, 3.63) is 71.9 Å². The molecule has 2 aromatic heterocycles. The molecule has 28 heavy (non-hydrogen) atoms. The van der Waals surface area contributed by atoms with Gasteiger partial charge in [0.25, 0.3) is 5.91 Å². The van der Waals surface area contributed by atoms with E-state index in [1.165, 1.54) is 0 Å². The lowest BCUT2D eigenvalue weighted by atomic mass is 10.1. The molecule has 0 radical (unpaired) electrons. The van der Waals surface area contributed by atoms with Crippen LogP contribution in [0.25, 0.3) is 20.9 Å². The Labute approximate surface area is 167 Å². The summed E-state index contributed by atoms with van der Waals surface area (Å²) in [6.07, 6.45) is 1.77.